The summed E-state index contributed by atoms with van der Waals surface area (Å²) in [7, 11) is 0. The lowest BCUT2D eigenvalue weighted by Crippen LogP contribution is -2.37. The summed E-state index contributed by atoms with van der Waals surface area (Å²) in [6, 6.07) is 13.2. The van der Waals surface area contributed by atoms with Gasteiger partial charge in [-0.25, -0.2) is 9.37 Å². The first kappa shape index (κ1) is 23.5. The number of likely N-dealkylation sites (tertiary alicyclic amines) is 1. The first-order valence-corrected chi connectivity index (χ1v) is 12.7. The fourth-order valence-electron chi connectivity index (χ4n) is 4.16. The van der Waals surface area contributed by atoms with Crippen molar-refractivity contribution in [2.45, 2.75) is 50.6 Å². The number of carbonyl (C=O) groups excluding carboxylic acids is 1. The monoisotopic (exact) mass is 467 g/mol. The molecule has 33 heavy (non-hydrogen) atoms. The van der Waals surface area contributed by atoms with Gasteiger partial charge >= 0.3 is 0 Å². The second-order valence-corrected chi connectivity index (χ2v) is 9.81. The molecule has 2 aromatic carbocycles. The maximum Gasteiger partial charge on any atom is 0.266 e. The van der Waals surface area contributed by atoms with Gasteiger partial charge in [0.2, 0.25) is 5.91 Å². The average Bonchev–Trinajstić information content (AvgIpc) is 2.82. The van der Waals surface area contributed by atoms with Crippen LogP contribution in [0.3, 0.4) is 0 Å². The Morgan fingerprint density at radius 1 is 1.06 bits per heavy atom. The molecule has 1 aromatic heterocycles. The number of para-hydroxylation sites is 1. The maximum absolute atomic E-state index is 13.4. The van der Waals surface area contributed by atoms with E-state index >= 15 is 0 Å². The molecule has 1 amide bonds. The summed E-state index contributed by atoms with van der Waals surface area (Å²) >= 11 is 1.52. The van der Waals surface area contributed by atoms with Gasteiger partial charge in [0.1, 0.15) is 5.82 Å². The average molecular weight is 468 g/mol. The Morgan fingerprint density at radius 3 is 2.55 bits per heavy atom. The van der Waals surface area contributed by atoms with Crippen LogP contribution in [0.1, 0.15) is 45.4 Å². The Morgan fingerprint density at radius 2 is 1.79 bits per heavy atom. The van der Waals surface area contributed by atoms with Gasteiger partial charge in [-0.15, -0.1) is 0 Å². The van der Waals surface area contributed by atoms with E-state index in [0.29, 0.717) is 28.2 Å². The Hall–Kier alpha value is -2.67. The number of unbranched alkanes of at least 4 members (excludes halogenated alkanes) is 2. The minimum Gasteiger partial charge on any atom is -0.343 e. The van der Waals surface area contributed by atoms with Crippen LogP contribution in [-0.2, 0) is 4.79 Å². The molecule has 0 spiro atoms. The number of nitrogens with zero attached hydrogens (tertiary/aromatic N) is 3. The van der Waals surface area contributed by atoms with Crippen LogP contribution in [0.15, 0.2) is 58.5 Å². The predicted octanol–water partition coefficient (Wildman–Crippen LogP) is 5.44. The van der Waals surface area contributed by atoms with Crippen molar-refractivity contribution in [3.05, 3.63) is 64.7 Å². The molecule has 0 atom stereocenters. The Bertz CT molecular complexity index is 1150. The molecule has 1 aliphatic heterocycles. The molecule has 7 heteroatoms. The zero-order chi connectivity index (χ0) is 23.2. The minimum atomic E-state index is -0.344. The number of piperidine rings is 1. The van der Waals surface area contributed by atoms with Crippen LogP contribution in [0, 0.1) is 11.7 Å². The number of aromatic nitrogens is 2. The van der Waals surface area contributed by atoms with E-state index in [1.807, 2.05) is 23.1 Å². The number of rotatable bonds is 8. The number of halogens is 1. The highest BCUT2D eigenvalue weighted by Crippen LogP contribution is 2.23. The van der Waals surface area contributed by atoms with Crippen LogP contribution in [0.5, 0.6) is 0 Å². The Balaban J connectivity index is 1.37. The summed E-state index contributed by atoms with van der Waals surface area (Å²) in [6.45, 7) is 4.04. The highest BCUT2D eigenvalue weighted by Gasteiger charge is 2.19. The summed E-state index contributed by atoms with van der Waals surface area (Å²) in [5, 5.41) is 1.14. The molecule has 0 saturated carbocycles. The summed E-state index contributed by atoms with van der Waals surface area (Å²) in [4.78, 5) is 32.3. The number of amides is 1. The van der Waals surface area contributed by atoms with Gasteiger partial charge in [-0.2, -0.15) is 0 Å². The molecule has 0 bridgehead atoms. The summed E-state index contributed by atoms with van der Waals surface area (Å²) < 4.78 is 15.0. The van der Waals surface area contributed by atoms with Crippen molar-refractivity contribution < 1.29 is 9.18 Å². The molecule has 1 aliphatic rings. The minimum absolute atomic E-state index is 0.156. The van der Waals surface area contributed by atoms with Gasteiger partial charge in [-0.1, -0.05) is 37.2 Å². The molecule has 4 rings (SSSR count). The van der Waals surface area contributed by atoms with Gasteiger partial charge < -0.3 is 4.90 Å². The highest BCUT2D eigenvalue weighted by atomic mass is 32.2. The van der Waals surface area contributed by atoms with Crippen molar-refractivity contribution in [1.29, 1.82) is 0 Å². The van der Waals surface area contributed by atoms with E-state index in [1.165, 1.54) is 23.9 Å². The zero-order valence-electron chi connectivity index (χ0n) is 19.0. The molecular weight excluding hydrogens is 437 g/mol. The van der Waals surface area contributed by atoms with E-state index in [-0.39, 0.29) is 17.3 Å². The van der Waals surface area contributed by atoms with Gasteiger partial charge in [0, 0.05) is 25.3 Å². The number of thioether (sulfide) groups is 1. The van der Waals surface area contributed by atoms with Crippen LogP contribution < -0.4 is 5.56 Å². The van der Waals surface area contributed by atoms with Crippen molar-refractivity contribution in [2.75, 3.05) is 18.8 Å². The van der Waals surface area contributed by atoms with Gasteiger partial charge in [0.25, 0.3) is 5.56 Å². The molecule has 174 valence electrons. The molecule has 5 nitrogen and oxygen atoms in total. The largest absolute Gasteiger partial charge is 0.343 e. The lowest BCUT2D eigenvalue weighted by molar-refractivity contribution is -0.132. The molecule has 2 heterocycles. The predicted molar refractivity (Wildman–Crippen MR) is 131 cm³/mol. The van der Waals surface area contributed by atoms with E-state index in [1.54, 1.807) is 22.8 Å². The van der Waals surface area contributed by atoms with Crippen LogP contribution in [0.4, 0.5) is 4.39 Å². The van der Waals surface area contributed by atoms with Crippen LogP contribution >= 0.6 is 11.8 Å². The summed E-state index contributed by atoms with van der Waals surface area (Å²) in [6.07, 6.45) is 5.58. The van der Waals surface area contributed by atoms with E-state index in [2.05, 4.69) is 6.92 Å². The van der Waals surface area contributed by atoms with Crippen LogP contribution in [-0.4, -0.2) is 39.2 Å². The second kappa shape index (κ2) is 11.0. The molecule has 0 N–H and O–H groups in total. The van der Waals surface area contributed by atoms with Crippen molar-refractivity contribution in [2.24, 2.45) is 5.92 Å². The fraction of sp³-hybridized carbons (Fsp3) is 0.423. The summed E-state index contributed by atoms with van der Waals surface area (Å²) in [5.41, 5.74) is 1.10. The maximum atomic E-state index is 13.4. The van der Waals surface area contributed by atoms with E-state index < -0.39 is 0 Å². The molecule has 1 fully saturated rings. The number of fused-ring (bicyclic) bond motifs is 1. The van der Waals surface area contributed by atoms with Crippen molar-refractivity contribution in [1.82, 2.24) is 14.5 Å². The Kier molecular flexibility index (Phi) is 7.81. The van der Waals surface area contributed by atoms with E-state index in [9.17, 15) is 14.0 Å². The summed E-state index contributed by atoms with van der Waals surface area (Å²) in [5.74, 6) is 1.45. The SMILES string of the molecule is CC1CCN(C(=O)CCCCCSc2nc3ccccc3c(=O)n2-c2ccc(F)cc2)CC1. The highest BCUT2D eigenvalue weighted by molar-refractivity contribution is 7.99. The molecule has 0 aliphatic carbocycles. The van der Waals surface area contributed by atoms with E-state index in [4.69, 9.17) is 4.98 Å². The number of benzene rings is 2. The van der Waals surface area contributed by atoms with Crippen molar-refractivity contribution >= 4 is 28.6 Å². The van der Waals surface area contributed by atoms with Gasteiger partial charge in [-0.3, -0.25) is 14.2 Å². The number of hydrogen-bond donors (Lipinski definition) is 0. The standard InChI is InChI=1S/C26H30FN3O2S/c1-19-14-16-29(17-15-19)24(31)9-3-2-6-18-33-26-28-23-8-5-4-7-22(23)25(32)30(26)21-12-10-20(27)11-13-21/h4-5,7-8,10-13,19H,2-3,6,9,14-18H2,1H3. The lowest BCUT2D eigenvalue weighted by atomic mass is 9.99. The second-order valence-electron chi connectivity index (χ2n) is 8.75. The zero-order valence-corrected chi connectivity index (χ0v) is 19.8. The Labute approximate surface area is 198 Å². The van der Waals surface area contributed by atoms with Gasteiger partial charge in [0.15, 0.2) is 5.16 Å². The van der Waals surface area contributed by atoms with E-state index in [0.717, 1.165) is 56.9 Å². The number of carbonyl (C=O) groups is 1. The lowest BCUT2D eigenvalue weighted by Gasteiger charge is -2.30. The quantitative estimate of drug-likeness (QED) is 0.252. The van der Waals surface area contributed by atoms with Crippen molar-refractivity contribution in [3.63, 3.8) is 0 Å². The molecule has 3 aromatic rings. The molecule has 0 radical (unpaired) electrons. The third kappa shape index (κ3) is 5.82. The van der Waals surface area contributed by atoms with Crippen molar-refractivity contribution in [3.8, 4) is 5.69 Å². The molecular formula is C26H30FN3O2S. The first-order chi connectivity index (χ1) is 16.0. The third-order valence-corrected chi connectivity index (χ3v) is 7.26. The van der Waals surface area contributed by atoms with Crippen LogP contribution in [0.25, 0.3) is 16.6 Å². The number of hydrogen-bond acceptors (Lipinski definition) is 4. The molecule has 0 unspecified atom stereocenters. The van der Waals surface area contributed by atoms with Gasteiger partial charge in [-0.05, 0) is 68.0 Å². The van der Waals surface area contributed by atoms with Gasteiger partial charge in [0.05, 0.1) is 16.6 Å². The first-order valence-electron chi connectivity index (χ1n) is 11.7. The van der Waals surface area contributed by atoms with Crippen LogP contribution in [0.2, 0.25) is 0 Å². The smallest absolute Gasteiger partial charge is 0.266 e. The topological polar surface area (TPSA) is 55.2 Å². The molecule has 1 saturated heterocycles. The normalized spacial score (nSPS) is 14.7. The third-order valence-electron chi connectivity index (χ3n) is 6.23. The fourth-order valence-corrected chi connectivity index (χ4v) is 5.17.